The first-order chi connectivity index (χ1) is 13.7. The largest absolute Gasteiger partial charge is 0.507 e. The molecule has 0 saturated heterocycles. The Hall–Kier alpha value is -3.26. The Morgan fingerprint density at radius 3 is 2.41 bits per heavy atom. The summed E-state index contributed by atoms with van der Waals surface area (Å²) in [5.74, 6) is -0.163. The van der Waals surface area contributed by atoms with E-state index in [2.05, 4.69) is 10.1 Å². The normalized spacial score (nSPS) is 11.9. The second-order valence-electron chi connectivity index (χ2n) is 6.52. The first-order valence-corrected chi connectivity index (χ1v) is 8.81. The summed E-state index contributed by atoms with van der Waals surface area (Å²) in [6.45, 7) is 1.76. The number of nitrogens with one attached hydrogen (secondary N) is 1. The van der Waals surface area contributed by atoms with Gasteiger partial charge in [-0.1, -0.05) is 35.9 Å². The molecule has 2 heterocycles. The number of aromatic nitrogens is 3. The van der Waals surface area contributed by atoms with Crippen LogP contribution in [0.1, 0.15) is 11.3 Å². The number of phenolic OH excluding ortho intramolecular Hbond substituents is 1. The Kier molecular flexibility index (Phi) is 4.38. The molecule has 0 radical (unpaired) electrons. The molecule has 29 heavy (non-hydrogen) atoms. The summed E-state index contributed by atoms with van der Waals surface area (Å²) in [5.41, 5.74) is -1.18. The molecule has 0 fully saturated rings. The molecule has 0 amide bonds. The highest BCUT2D eigenvalue weighted by atomic mass is 35.5. The number of phenols is 1. The Labute approximate surface area is 167 Å². The van der Waals surface area contributed by atoms with Gasteiger partial charge in [0, 0.05) is 16.8 Å². The lowest BCUT2D eigenvalue weighted by Gasteiger charge is -2.07. The number of benzene rings is 2. The topological polar surface area (TPSA) is 70.4 Å². The number of halogens is 4. The van der Waals surface area contributed by atoms with Crippen LogP contribution < -0.4 is 5.56 Å². The molecule has 0 aliphatic rings. The van der Waals surface area contributed by atoms with Crippen molar-refractivity contribution in [1.82, 2.24) is 14.6 Å². The molecule has 0 atom stereocenters. The summed E-state index contributed by atoms with van der Waals surface area (Å²) in [6, 6.07) is 10.4. The van der Waals surface area contributed by atoms with Crippen LogP contribution in [0.5, 0.6) is 5.75 Å². The monoisotopic (exact) mass is 419 g/mol. The Balaban J connectivity index is 2.03. The zero-order chi connectivity index (χ0) is 20.9. The van der Waals surface area contributed by atoms with E-state index in [0.717, 1.165) is 16.3 Å². The molecule has 4 rings (SSSR count). The number of H-pyrrole nitrogens is 1. The molecule has 0 spiro atoms. The van der Waals surface area contributed by atoms with Crippen molar-refractivity contribution in [3.8, 4) is 28.0 Å². The number of hydrogen-bond donors (Lipinski definition) is 2. The van der Waals surface area contributed by atoms with E-state index >= 15 is 0 Å². The van der Waals surface area contributed by atoms with Crippen molar-refractivity contribution in [2.45, 2.75) is 13.1 Å². The van der Waals surface area contributed by atoms with Gasteiger partial charge in [-0.05, 0) is 36.2 Å². The molecule has 2 aromatic carbocycles. The van der Waals surface area contributed by atoms with E-state index in [0.29, 0.717) is 5.02 Å². The smallest absolute Gasteiger partial charge is 0.433 e. The molecule has 0 saturated carbocycles. The van der Waals surface area contributed by atoms with Crippen LogP contribution in [0.15, 0.2) is 53.5 Å². The second-order valence-corrected chi connectivity index (χ2v) is 6.96. The van der Waals surface area contributed by atoms with E-state index in [1.165, 1.54) is 36.4 Å². The van der Waals surface area contributed by atoms with Crippen LogP contribution in [0.2, 0.25) is 5.02 Å². The van der Waals surface area contributed by atoms with Gasteiger partial charge in [-0.25, -0.2) is 4.98 Å². The number of alkyl halides is 3. The fourth-order valence-corrected chi connectivity index (χ4v) is 3.29. The maximum Gasteiger partial charge on any atom is 0.433 e. The molecular formula is C20H13ClF3N3O2. The molecule has 5 nitrogen and oxygen atoms in total. The lowest BCUT2D eigenvalue weighted by atomic mass is 10.0. The third kappa shape index (κ3) is 3.25. The molecule has 0 bridgehead atoms. The van der Waals surface area contributed by atoms with E-state index < -0.39 is 17.4 Å². The Bertz CT molecular complexity index is 1290. The second kappa shape index (κ2) is 6.66. The predicted molar refractivity (Wildman–Crippen MR) is 103 cm³/mol. The lowest BCUT2D eigenvalue weighted by molar-refractivity contribution is -0.140. The molecule has 2 N–H and O–H groups in total. The van der Waals surface area contributed by atoms with Gasteiger partial charge >= 0.3 is 6.18 Å². The number of aryl methyl sites for hydroxylation is 1. The van der Waals surface area contributed by atoms with Crippen molar-refractivity contribution in [3.05, 3.63) is 75.3 Å². The molecule has 9 heteroatoms. The summed E-state index contributed by atoms with van der Waals surface area (Å²) >= 11 is 5.84. The van der Waals surface area contributed by atoms with Crippen LogP contribution >= 0.6 is 11.6 Å². The molecule has 2 aromatic heterocycles. The van der Waals surface area contributed by atoms with Gasteiger partial charge in [0.25, 0.3) is 5.56 Å². The van der Waals surface area contributed by atoms with Crippen molar-refractivity contribution < 1.29 is 18.3 Å². The highest BCUT2D eigenvalue weighted by Crippen LogP contribution is 2.38. The van der Waals surface area contributed by atoms with Crippen LogP contribution in [0.25, 0.3) is 27.9 Å². The van der Waals surface area contributed by atoms with E-state index in [4.69, 9.17) is 11.6 Å². The zero-order valence-electron chi connectivity index (χ0n) is 14.9. The van der Waals surface area contributed by atoms with Gasteiger partial charge < -0.3 is 5.11 Å². The summed E-state index contributed by atoms with van der Waals surface area (Å²) < 4.78 is 41.8. The molecule has 4 aromatic rings. The summed E-state index contributed by atoms with van der Waals surface area (Å²) in [5, 5.41) is 12.6. The van der Waals surface area contributed by atoms with Crippen molar-refractivity contribution >= 4 is 17.2 Å². The minimum absolute atomic E-state index is 0.0300. The Morgan fingerprint density at radius 2 is 1.79 bits per heavy atom. The maximum atomic E-state index is 13.7. The van der Waals surface area contributed by atoms with Crippen molar-refractivity contribution in [2.24, 2.45) is 0 Å². The SMILES string of the molecule is Cc1ccc(-c2cnc3c(-c4ccc(Cl)cc4)c(C(F)(F)F)[nH]n3c2=O)c(O)c1. The number of fused-ring (bicyclic) bond motifs is 1. The highest BCUT2D eigenvalue weighted by Gasteiger charge is 2.38. The van der Waals surface area contributed by atoms with Crippen LogP contribution in [0.3, 0.4) is 0 Å². The number of rotatable bonds is 2. The third-order valence-electron chi connectivity index (χ3n) is 4.52. The van der Waals surface area contributed by atoms with Crippen LogP contribution in [0.4, 0.5) is 13.2 Å². The minimum Gasteiger partial charge on any atom is -0.507 e. The standard InChI is InChI=1S/C20H13ClF3N3O2/c1-10-2-7-13(15(28)8-10)14-9-25-18-16(11-3-5-12(21)6-4-11)17(20(22,23)24)26-27(18)19(14)29/h2-9,26,28H,1H3. The third-order valence-corrected chi connectivity index (χ3v) is 4.77. The average Bonchev–Trinajstić information content (AvgIpc) is 3.04. The van der Waals surface area contributed by atoms with Crippen LogP contribution in [0, 0.1) is 6.92 Å². The maximum absolute atomic E-state index is 13.7. The minimum atomic E-state index is -4.75. The van der Waals surface area contributed by atoms with Crippen molar-refractivity contribution in [3.63, 3.8) is 0 Å². The van der Waals surface area contributed by atoms with Crippen LogP contribution in [-0.2, 0) is 6.18 Å². The molecular weight excluding hydrogens is 407 g/mol. The van der Waals surface area contributed by atoms with Gasteiger partial charge in [-0.3, -0.25) is 9.89 Å². The number of nitrogens with zero attached hydrogens (tertiary/aromatic N) is 2. The number of hydrogen-bond acceptors (Lipinski definition) is 3. The first-order valence-electron chi connectivity index (χ1n) is 8.43. The van der Waals surface area contributed by atoms with E-state index in [9.17, 15) is 23.1 Å². The molecule has 148 valence electrons. The Morgan fingerprint density at radius 1 is 1.10 bits per heavy atom. The summed E-state index contributed by atoms with van der Waals surface area (Å²) in [6.07, 6.45) is -3.59. The molecule has 0 unspecified atom stereocenters. The molecule has 0 aliphatic carbocycles. The van der Waals surface area contributed by atoms with E-state index in [-0.39, 0.29) is 33.7 Å². The van der Waals surface area contributed by atoms with E-state index in [1.54, 1.807) is 13.0 Å². The predicted octanol–water partition coefficient (Wildman–Crippen LogP) is 5.04. The molecule has 0 aliphatic heterocycles. The van der Waals surface area contributed by atoms with Gasteiger partial charge in [0.05, 0.1) is 11.1 Å². The van der Waals surface area contributed by atoms with Crippen molar-refractivity contribution in [2.75, 3.05) is 0 Å². The zero-order valence-corrected chi connectivity index (χ0v) is 15.6. The number of aromatic amines is 1. The van der Waals surface area contributed by atoms with Gasteiger partial charge in [0.15, 0.2) is 5.65 Å². The number of aromatic hydroxyl groups is 1. The summed E-state index contributed by atoms with van der Waals surface area (Å²) in [4.78, 5) is 17.0. The highest BCUT2D eigenvalue weighted by molar-refractivity contribution is 6.30. The fourth-order valence-electron chi connectivity index (χ4n) is 3.16. The fraction of sp³-hybridized carbons (Fsp3) is 0.100. The van der Waals surface area contributed by atoms with E-state index in [1.807, 2.05) is 0 Å². The van der Waals surface area contributed by atoms with Crippen LogP contribution in [-0.4, -0.2) is 19.7 Å². The van der Waals surface area contributed by atoms with Crippen molar-refractivity contribution in [1.29, 1.82) is 0 Å². The van der Waals surface area contributed by atoms with Gasteiger partial charge in [0.2, 0.25) is 0 Å². The summed E-state index contributed by atoms with van der Waals surface area (Å²) in [7, 11) is 0. The average molecular weight is 420 g/mol. The quantitative estimate of drug-likeness (QED) is 0.478. The van der Waals surface area contributed by atoms with Gasteiger partial charge in [-0.2, -0.15) is 17.7 Å². The van der Waals surface area contributed by atoms with Gasteiger partial charge in [-0.15, -0.1) is 0 Å². The van der Waals surface area contributed by atoms with Gasteiger partial charge in [0.1, 0.15) is 11.4 Å². The first kappa shape index (κ1) is 19.1. The lowest BCUT2D eigenvalue weighted by Crippen LogP contribution is -2.18.